The topological polar surface area (TPSA) is 81.1 Å². The Hall–Kier alpha value is -0.210. The van der Waals surface area contributed by atoms with Crippen molar-refractivity contribution in [2.45, 2.75) is 439 Å². The second-order valence-electron chi connectivity index (χ2n) is 26.3. The molecule has 0 aliphatic heterocycles. The van der Waals surface area contributed by atoms with Crippen LogP contribution in [0.4, 0.5) is 0 Å². The molecule has 492 valence electrons. The first-order chi connectivity index (χ1) is 39.6. The fourth-order valence-corrected chi connectivity index (χ4v) is 11.9. The summed E-state index contributed by atoms with van der Waals surface area (Å²) in [6.07, 6.45) is 93.6. The minimum Gasteiger partial charge on any atom is -0.306 e. The zero-order valence-electron chi connectivity index (χ0n) is 57.1. The third-order valence-corrected chi connectivity index (χ3v) is 17.6. The van der Waals surface area contributed by atoms with Crippen molar-refractivity contribution < 1.29 is 17.5 Å². The Morgan fingerprint density at radius 3 is 0.346 bits per heavy atom. The van der Waals surface area contributed by atoms with Gasteiger partial charge in [0.15, 0.2) is 0 Å². The Labute approximate surface area is 514 Å². The van der Waals surface area contributed by atoms with Gasteiger partial charge in [0.25, 0.3) is 0 Å². The highest BCUT2D eigenvalue weighted by molar-refractivity contribution is 7.79. The molecule has 0 spiro atoms. The molecule has 0 aliphatic carbocycles. The summed E-state index contributed by atoms with van der Waals surface area (Å²) in [5, 5.41) is 0. The predicted octanol–water partition coefficient (Wildman–Crippen LogP) is 26.2. The summed E-state index contributed by atoms with van der Waals surface area (Å²) in [7, 11) is 0.0207. The molecule has 0 saturated heterocycles. The number of hydrogen-bond acceptors (Lipinski definition) is 4. The van der Waals surface area contributed by atoms with Crippen LogP contribution in [0.15, 0.2) is 0 Å². The smallest absolute Gasteiger partial charge is 0.306 e. The third kappa shape index (κ3) is 93.7. The number of rotatable bonds is 68. The van der Waals surface area contributed by atoms with Crippen LogP contribution in [0.3, 0.4) is 0 Å². The van der Waals surface area contributed by atoms with E-state index in [1.54, 1.807) is 0 Å². The van der Waals surface area contributed by atoms with E-state index in [4.69, 9.17) is 17.5 Å². The van der Waals surface area contributed by atoms with Crippen LogP contribution in [0.5, 0.6) is 0 Å². The zero-order chi connectivity index (χ0) is 59.7. The number of unbranched alkanes of at least 4 members (excludes halogenated alkanes) is 60. The minimum atomic E-state index is -4.67. The first-order valence-corrected chi connectivity index (χ1v) is 39.1. The SMILES string of the molecule is CCCCCCCCCCCCCCCCCCN(C)CCCCCCCCCCCCCCCCCC.CCCCCCCCCCCCCCCCCCN(C)CCCCCCCCCCCCCCCCCC.O=S(=O)(O)O. The Morgan fingerprint density at radius 1 is 0.185 bits per heavy atom. The van der Waals surface area contributed by atoms with Crippen molar-refractivity contribution >= 4 is 10.4 Å². The highest BCUT2D eigenvalue weighted by Gasteiger charge is 2.03. The van der Waals surface area contributed by atoms with E-state index in [-0.39, 0.29) is 0 Å². The second-order valence-corrected chi connectivity index (χ2v) is 27.2. The highest BCUT2D eigenvalue weighted by atomic mass is 32.3. The van der Waals surface area contributed by atoms with Crippen LogP contribution in [0.1, 0.15) is 439 Å². The molecular weight excluding hydrogens is 1010 g/mol. The fourth-order valence-electron chi connectivity index (χ4n) is 11.9. The Morgan fingerprint density at radius 2 is 0.259 bits per heavy atom. The van der Waals surface area contributed by atoms with E-state index in [9.17, 15) is 0 Å². The van der Waals surface area contributed by atoms with Gasteiger partial charge in [0.2, 0.25) is 0 Å². The molecule has 0 aromatic rings. The van der Waals surface area contributed by atoms with Crippen molar-refractivity contribution in [3.05, 3.63) is 0 Å². The van der Waals surface area contributed by atoms with E-state index in [1.165, 1.54) is 437 Å². The maximum atomic E-state index is 8.74. The van der Waals surface area contributed by atoms with E-state index >= 15 is 0 Å². The summed E-state index contributed by atoms with van der Waals surface area (Å²) in [5.41, 5.74) is 0. The van der Waals surface area contributed by atoms with Gasteiger partial charge in [-0.1, -0.05) is 413 Å². The summed E-state index contributed by atoms with van der Waals surface area (Å²) in [6, 6.07) is 0. The largest absolute Gasteiger partial charge is 0.394 e. The van der Waals surface area contributed by atoms with Gasteiger partial charge >= 0.3 is 10.4 Å². The molecule has 0 unspecified atom stereocenters. The molecule has 0 atom stereocenters. The van der Waals surface area contributed by atoms with Crippen molar-refractivity contribution in [3.63, 3.8) is 0 Å². The standard InChI is InChI=1S/2C37H77N.H2O4S/c2*1-4-6-8-10-12-14-16-18-20-22-24-26-28-30-32-34-36-38(3)37-35-33-31-29-27-25-23-21-19-17-15-13-11-9-7-5-2;1-5(2,3)4/h2*4-37H2,1-3H3;(H2,1,2,3,4). The summed E-state index contributed by atoms with van der Waals surface area (Å²) in [4.78, 5) is 5.18. The maximum absolute atomic E-state index is 8.74. The molecule has 0 aromatic heterocycles. The first-order valence-electron chi connectivity index (χ1n) is 37.7. The molecule has 0 aliphatic rings. The maximum Gasteiger partial charge on any atom is 0.394 e. The van der Waals surface area contributed by atoms with Crippen molar-refractivity contribution in [1.29, 1.82) is 0 Å². The average molecular weight is 1170 g/mol. The van der Waals surface area contributed by atoms with Gasteiger partial charge in [0, 0.05) is 0 Å². The molecule has 0 rings (SSSR count). The Kier molecular flexibility index (Phi) is 81.6. The van der Waals surface area contributed by atoms with E-state index in [1.807, 2.05) is 0 Å². The van der Waals surface area contributed by atoms with Crippen LogP contribution in [-0.4, -0.2) is 67.6 Å². The van der Waals surface area contributed by atoms with Crippen LogP contribution in [0.2, 0.25) is 0 Å². The van der Waals surface area contributed by atoms with Crippen molar-refractivity contribution in [1.82, 2.24) is 9.80 Å². The van der Waals surface area contributed by atoms with Crippen molar-refractivity contribution in [2.24, 2.45) is 0 Å². The van der Waals surface area contributed by atoms with E-state index in [0.29, 0.717) is 0 Å². The summed E-state index contributed by atoms with van der Waals surface area (Å²) >= 11 is 0. The van der Waals surface area contributed by atoms with Gasteiger partial charge in [0.05, 0.1) is 0 Å². The molecular formula is C74H156N2O4S. The van der Waals surface area contributed by atoms with Crippen LogP contribution in [0, 0.1) is 0 Å². The number of nitrogens with zero attached hydrogens (tertiary/aromatic N) is 2. The number of hydrogen-bond donors (Lipinski definition) is 2. The summed E-state index contributed by atoms with van der Waals surface area (Å²) in [6.45, 7) is 14.5. The summed E-state index contributed by atoms with van der Waals surface area (Å²) < 4.78 is 31.6. The monoisotopic (exact) mass is 1170 g/mol. The second kappa shape index (κ2) is 77.8. The molecule has 0 aromatic carbocycles. The molecule has 2 N–H and O–H groups in total. The van der Waals surface area contributed by atoms with Crippen molar-refractivity contribution in [3.8, 4) is 0 Å². The molecule has 7 heteroatoms. The molecule has 6 nitrogen and oxygen atoms in total. The zero-order valence-corrected chi connectivity index (χ0v) is 57.9. The van der Waals surface area contributed by atoms with Gasteiger partial charge < -0.3 is 9.80 Å². The molecule has 0 saturated carbocycles. The first kappa shape index (κ1) is 85.0. The lowest BCUT2D eigenvalue weighted by Crippen LogP contribution is -2.20. The fraction of sp³-hybridized carbons (Fsp3) is 1.00. The van der Waals surface area contributed by atoms with E-state index < -0.39 is 10.4 Å². The van der Waals surface area contributed by atoms with E-state index in [0.717, 1.165) is 0 Å². The Bertz CT molecular complexity index is 1020. The van der Waals surface area contributed by atoms with Gasteiger partial charge in [-0.25, -0.2) is 0 Å². The van der Waals surface area contributed by atoms with Gasteiger partial charge in [0.1, 0.15) is 0 Å². The molecule has 0 fully saturated rings. The lowest BCUT2D eigenvalue weighted by molar-refractivity contribution is 0.314. The van der Waals surface area contributed by atoms with Gasteiger partial charge in [-0.2, -0.15) is 8.42 Å². The quantitative estimate of drug-likeness (QED) is 0.0467. The van der Waals surface area contributed by atoms with E-state index in [2.05, 4.69) is 51.6 Å². The Balaban J connectivity index is -0.00000138. The molecule has 0 radical (unpaired) electrons. The predicted molar refractivity (Wildman–Crippen MR) is 367 cm³/mol. The minimum absolute atomic E-state index is 1.32. The summed E-state index contributed by atoms with van der Waals surface area (Å²) in [5.74, 6) is 0. The lowest BCUT2D eigenvalue weighted by atomic mass is 10.0. The highest BCUT2D eigenvalue weighted by Crippen LogP contribution is 2.19. The molecule has 0 amide bonds. The molecule has 0 heterocycles. The van der Waals surface area contributed by atoms with Crippen molar-refractivity contribution in [2.75, 3.05) is 40.3 Å². The van der Waals surface area contributed by atoms with Gasteiger partial charge in [-0.05, 0) is 66.0 Å². The van der Waals surface area contributed by atoms with Gasteiger partial charge in [-0.3, -0.25) is 9.11 Å². The molecule has 0 bridgehead atoms. The van der Waals surface area contributed by atoms with Crippen LogP contribution >= 0.6 is 0 Å². The molecule has 81 heavy (non-hydrogen) atoms. The lowest BCUT2D eigenvalue weighted by Gasteiger charge is -2.16. The van der Waals surface area contributed by atoms with Crippen LogP contribution in [0.25, 0.3) is 0 Å². The van der Waals surface area contributed by atoms with Gasteiger partial charge in [-0.15, -0.1) is 0 Å². The normalized spacial score (nSPS) is 11.7. The average Bonchev–Trinajstić information content (AvgIpc) is 3.44. The van der Waals surface area contributed by atoms with Crippen LogP contribution in [-0.2, 0) is 10.4 Å². The van der Waals surface area contributed by atoms with Crippen LogP contribution < -0.4 is 0 Å². The third-order valence-electron chi connectivity index (χ3n) is 17.6.